The molecule has 0 aromatic heterocycles. The van der Waals surface area contributed by atoms with E-state index >= 15 is 0 Å². The predicted molar refractivity (Wildman–Crippen MR) is 109 cm³/mol. The Kier molecular flexibility index (Phi) is 7.49. The Bertz CT molecular complexity index is 871. The van der Waals surface area contributed by atoms with Gasteiger partial charge >= 0.3 is 0 Å². The molecule has 1 amide bonds. The molecule has 0 aliphatic rings. The first-order valence-electron chi connectivity index (χ1n) is 7.69. The number of aromatic hydroxyl groups is 1. The van der Waals surface area contributed by atoms with Crippen molar-refractivity contribution in [2.24, 2.45) is 5.10 Å². The van der Waals surface area contributed by atoms with E-state index in [1.807, 2.05) is 0 Å². The van der Waals surface area contributed by atoms with Crippen molar-refractivity contribution in [2.75, 3.05) is 21.3 Å². The number of nitrogens with one attached hydrogen (secondary N) is 1. The molecule has 0 radical (unpaired) electrons. The number of halogens is 2. The molecule has 0 saturated carbocycles. The molecule has 144 valence electrons. The minimum Gasteiger partial charge on any atom is -0.504 e. The van der Waals surface area contributed by atoms with Crippen molar-refractivity contribution in [3.8, 4) is 23.0 Å². The van der Waals surface area contributed by atoms with Gasteiger partial charge in [-0.25, -0.2) is 5.43 Å². The maximum atomic E-state index is 12.1. The number of rotatable bonds is 7. The fourth-order valence-corrected chi connectivity index (χ4v) is 3.10. The van der Waals surface area contributed by atoms with E-state index in [2.05, 4.69) is 42.4 Å². The van der Waals surface area contributed by atoms with Crippen molar-refractivity contribution in [1.29, 1.82) is 0 Å². The number of amides is 1. The van der Waals surface area contributed by atoms with Crippen LogP contribution in [0.5, 0.6) is 23.0 Å². The summed E-state index contributed by atoms with van der Waals surface area (Å²) in [6.07, 6.45) is 1.44. The predicted octanol–water partition coefficient (Wildman–Crippen LogP) is 3.64. The second-order valence-corrected chi connectivity index (χ2v) is 6.94. The first-order chi connectivity index (χ1) is 12.9. The number of hydrazone groups is 1. The zero-order valence-corrected chi connectivity index (χ0v) is 18.0. The van der Waals surface area contributed by atoms with Crippen molar-refractivity contribution < 1.29 is 24.1 Å². The Morgan fingerprint density at radius 2 is 1.78 bits per heavy atom. The lowest BCUT2D eigenvalue weighted by Crippen LogP contribution is -2.19. The highest BCUT2D eigenvalue weighted by molar-refractivity contribution is 9.13. The Morgan fingerprint density at radius 3 is 2.41 bits per heavy atom. The van der Waals surface area contributed by atoms with Gasteiger partial charge < -0.3 is 19.3 Å². The largest absolute Gasteiger partial charge is 0.504 e. The zero-order valence-electron chi connectivity index (χ0n) is 14.9. The lowest BCUT2D eigenvalue weighted by Gasteiger charge is -2.10. The van der Waals surface area contributed by atoms with Crippen LogP contribution in [0.1, 0.15) is 11.1 Å². The van der Waals surface area contributed by atoms with E-state index in [9.17, 15) is 9.90 Å². The fourth-order valence-electron chi connectivity index (χ4n) is 2.27. The molecule has 7 nitrogen and oxygen atoms in total. The molecule has 0 heterocycles. The molecule has 0 saturated heterocycles. The fraction of sp³-hybridized carbons (Fsp3) is 0.222. The van der Waals surface area contributed by atoms with Gasteiger partial charge in [0, 0.05) is 8.95 Å². The Morgan fingerprint density at radius 1 is 1.11 bits per heavy atom. The van der Waals surface area contributed by atoms with E-state index in [0.717, 1.165) is 5.56 Å². The highest BCUT2D eigenvalue weighted by atomic mass is 79.9. The third-order valence-electron chi connectivity index (χ3n) is 3.61. The number of hydrogen-bond acceptors (Lipinski definition) is 6. The van der Waals surface area contributed by atoms with Crippen LogP contribution in [0.15, 0.2) is 38.3 Å². The van der Waals surface area contributed by atoms with E-state index in [1.54, 1.807) is 31.4 Å². The van der Waals surface area contributed by atoms with Crippen LogP contribution in [0, 0.1) is 0 Å². The molecule has 2 N–H and O–H groups in total. The van der Waals surface area contributed by atoms with Crippen molar-refractivity contribution in [2.45, 2.75) is 6.42 Å². The van der Waals surface area contributed by atoms with Gasteiger partial charge in [0.05, 0.1) is 39.5 Å². The van der Waals surface area contributed by atoms with Crippen LogP contribution >= 0.6 is 31.9 Å². The van der Waals surface area contributed by atoms with E-state index in [-0.39, 0.29) is 23.8 Å². The van der Waals surface area contributed by atoms with E-state index in [0.29, 0.717) is 26.0 Å². The smallest absolute Gasteiger partial charge is 0.244 e. The number of nitrogens with zero attached hydrogens (tertiary/aromatic N) is 1. The number of methoxy groups -OCH3 is 3. The molecule has 2 aromatic carbocycles. The quantitative estimate of drug-likeness (QED) is 0.446. The highest BCUT2D eigenvalue weighted by Crippen LogP contribution is 2.39. The van der Waals surface area contributed by atoms with Crippen molar-refractivity contribution in [1.82, 2.24) is 5.43 Å². The SMILES string of the molecule is COc1ccc(CC(=O)N/N=C/c2c(O)c(OC)cc(Br)c2Br)cc1OC. The average molecular weight is 502 g/mol. The molecule has 0 bridgehead atoms. The van der Waals surface area contributed by atoms with Gasteiger partial charge in [-0.2, -0.15) is 5.10 Å². The first kappa shape index (κ1) is 21.0. The van der Waals surface area contributed by atoms with E-state index in [4.69, 9.17) is 14.2 Å². The van der Waals surface area contributed by atoms with Crippen LogP contribution in [0.4, 0.5) is 0 Å². The molecular formula is C18H18Br2N2O5. The van der Waals surface area contributed by atoms with Gasteiger partial charge in [0.2, 0.25) is 5.91 Å². The standard InChI is InChI=1S/C18H18Br2N2O5/c1-25-13-5-4-10(6-14(13)26-2)7-16(23)22-21-9-11-17(20)12(19)8-15(27-3)18(11)24/h4-6,8-9,24H,7H2,1-3H3,(H,22,23)/b21-9+. The minimum absolute atomic E-state index is 0.0922. The Balaban J connectivity index is 2.09. The van der Waals surface area contributed by atoms with Gasteiger partial charge in [-0.05, 0) is 55.6 Å². The second-order valence-electron chi connectivity index (χ2n) is 5.30. The summed E-state index contributed by atoms with van der Waals surface area (Å²) in [6, 6.07) is 6.84. The average Bonchev–Trinajstić information content (AvgIpc) is 2.67. The van der Waals surface area contributed by atoms with Gasteiger partial charge in [-0.15, -0.1) is 0 Å². The van der Waals surface area contributed by atoms with Gasteiger partial charge in [0.15, 0.2) is 23.0 Å². The minimum atomic E-state index is -0.323. The van der Waals surface area contributed by atoms with Crippen molar-refractivity contribution >= 4 is 44.0 Å². The molecule has 0 unspecified atom stereocenters. The van der Waals surface area contributed by atoms with Crippen LogP contribution < -0.4 is 19.6 Å². The zero-order chi connectivity index (χ0) is 20.0. The lowest BCUT2D eigenvalue weighted by atomic mass is 10.1. The lowest BCUT2D eigenvalue weighted by molar-refractivity contribution is -0.120. The summed E-state index contributed by atoms with van der Waals surface area (Å²) in [5.41, 5.74) is 3.54. The molecule has 0 fully saturated rings. The van der Waals surface area contributed by atoms with E-state index in [1.165, 1.54) is 20.4 Å². The number of benzene rings is 2. The molecule has 0 aliphatic carbocycles. The second kappa shape index (κ2) is 9.61. The van der Waals surface area contributed by atoms with Gasteiger partial charge in [-0.1, -0.05) is 6.07 Å². The van der Waals surface area contributed by atoms with Gasteiger partial charge in [0.1, 0.15) is 0 Å². The molecule has 2 aromatic rings. The molecule has 0 atom stereocenters. The molecular weight excluding hydrogens is 484 g/mol. The van der Waals surface area contributed by atoms with Crippen LogP contribution in [0.2, 0.25) is 0 Å². The number of hydrogen-bond donors (Lipinski definition) is 2. The summed E-state index contributed by atoms with van der Waals surface area (Å²) in [5.74, 6) is 0.995. The van der Waals surface area contributed by atoms with Crippen LogP contribution in [-0.2, 0) is 11.2 Å². The third kappa shape index (κ3) is 5.14. The Hall–Kier alpha value is -2.26. The summed E-state index contributed by atoms with van der Waals surface area (Å²) in [4.78, 5) is 12.1. The third-order valence-corrected chi connectivity index (χ3v) is 5.62. The van der Waals surface area contributed by atoms with Gasteiger partial charge in [-0.3, -0.25) is 4.79 Å². The van der Waals surface area contributed by atoms with E-state index < -0.39 is 0 Å². The summed E-state index contributed by atoms with van der Waals surface area (Å²) >= 11 is 6.71. The molecule has 27 heavy (non-hydrogen) atoms. The van der Waals surface area contributed by atoms with Crippen LogP contribution in [0.25, 0.3) is 0 Å². The van der Waals surface area contributed by atoms with Gasteiger partial charge in [0.25, 0.3) is 0 Å². The number of carbonyl (C=O) groups is 1. The number of ether oxygens (including phenoxy) is 3. The monoisotopic (exact) mass is 500 g/mol. The highest BCUT2D eigenvalue weighted by Gasteiger charge is 2.14. The summed E-state index contributed by atoms with van der Waals surface area (Å²) in [6.45, 7) is 0. The maximum Gasteiger partial charge on any atom is 0.244 e. The summed E-state index contributed by atoms with van der Waals surface area (Å²) in [7, 11) is 4.52. The van der Waals surface area contributed by atoms with Crippen molar-refractivity contribution in [3.63, 3.8) is 0 Å². The molecule has 0 spiro atoms. The number of phenolic OH excluding ortho intramolecular Hbond substituents is 1. The Labute approximate surface area is 173 Å². The molecule has 2 rings (SSSR count). The normalized spacial score (nSPS) is 10.7. The molecule has 9 heteroatoms. The van der Waals surface area contributed by atoms with Crippen molar-refractivity contribution in [3.05, 3.63) is 44.3 Å². The molecule has 0 aliphatic heterocycles. The number of carbonyl (C=O) groups excluding carboxylic acids is 1. The summed E-state index contributed by atoms with van der Waals surface area (Å²) < 4.78 is 16.7. The number of phenols is 1. The van der Waals surface area contributed by atoms with Crippen LogP contribution in [0.3, 0.4) is 0 Å². The summed E-state index contributed by atoms with van der Waals surface area (Å²) in [5, 5.41) is 14.1. The topological polar surface area (TPSA) is 89.4 Å². The van der Waals surface area contributed by atoms with Crippen LogP contribution in [-0.4, -0.2) is 38.6 Å². The first-order valence-corrected chi connectivity index (χ1v) is 9.27. The maximum absolute atomic E-state index is 12.1.